The molecule has 1 aromatic heterocycles. The topological polar surface area (TPSA) is 228 Å². The Balaban J connectivity index is 1.33. The number of esters is 1. The highest BCUT2D eigenvalue weighted by molar-refractivity contribution is 5.93. The smallest absolute Gasteiger partial charge is 0.341 e. The van der Waals surface area contributed by atoms with Gasteiger partial charge >= 0.3 is 11.9 Å². The molecule has 0 bridgehead atoms. The summed E-state index contributed by atoms with van der Waals surface area (Å²) in [6.45, 7) is 22.5. The maximum Gasteiger partial charge on any atom is 0.341 e. The summed E-state index contributed by atoms with van der Waals surface area (Å²) in [5, 5.41) is 58.3. The van der Waals surface area contributed by atoms with E-state index in [-0.39, 0.29) is 42.9 Å². The van der Waals surface area contributed by atoms with Crippen molar-refractivity contribution < 1.29 is 68.3 Å². The van der Waals surface area contributed by atoms with E-state index >= 15 is 0 Å². The van der Waals surface area contributed by atoms with Crippen molar-refractivity contribution in [3.05, 3.63) is 45.7 Å². The number of carboxylic acids is 1. The predicted octanol–water partition coefficient (Wildman–Crippen LogP) is 5.47. The number of cyclic esters (lactones) is 1. The first-order valence-electron chi connectivity index (χ1n) is 27.6. The highest BCUT2D eigenvalue weighted by Gasteiger charge is 2.55. The Labute approximate surface area is 451 Å². The van der Waals surface area contributed by atoms with Crippen LogP contribution in [0.1, 0.15) is 137 Å². The number of unbranched alkanes of at least 4 members (excludes halogenated alkanes) is 1. The van der Waals surface area contributed by atoms with Gasteiger partial charge in [-0.25, -0.2) is 4.79 Å². The van der Waals surface area contributed by atoms with Gasteiger partial charge in [0.2, 0.25) is 5.43 Å². The number of rotatable bonds is 16. The van der Waals surface area contributed by atoms with Crippen molar-refractivity contribution in [2.45, 2.75) is 212 Å². The first-order chi connectivity index (χ1) is 35.6. The third kappa shape index (κ3) is 14.8. The highest BCUT2D eigenvalue weighted by atomic mass is 16.7. The quantitative estimate of drug-likeness (QED) is 0.0798. The van der Waals surface area contributed by atoms with Gasteiger partial charge in [-0.1, -0.05) is 39.5 Å². The van der Waals surface area contributed by atoms with Gasteiger partial charge in [0.05, 0.1) is 47.1 Å². The zero-order valence-electron chi connectivity index (χ0n) is 48.1. The summed E-state index contributed by atoms with van der Waals surface area (Å²) < 4.78 is 47.1. The molecule has 0 aliphatic carbocycles. The number of aromatic nitrogens is 1. The van der Waals surface area contributed by atoms with Gasteiger partial charge < -0.3 is 73.1 Å². The molecular formula is C58H93N3O15. The number of hydrogen-bond donors (Lipinski definition) is 5. The fourth-order valence-electron chi connectivity index (χ4n) is 12.4. The fourth-order valence-corrected chi connectivity index (χ4v) is 12.4. The van der Waals surface area contributed by atoms with Gasteiger partial charge in [-0.05, 0) is 132 Å². The van der Waals surface area contributed by atoms with E-state index in [0.29, 0.717) is 75.1 Å². The summed E-state index contributed by atoms with van der Waals surface area (Å²) in [5.41, 5.74) is -3.81. The van der Waals surface area contributed by atoms with E-state index in [9.17, 15) is 39.9 Å². The van der Waals surface area contributed by atoms with Crippen molar-refractivity contribution in [1.29, 1.82) is 0 Å². The van der Waals surface area contributed by atoms with Crippen LogP contribution in [0.3, 0.4) is 0 Å². The number of nitrogens with zero attached hydrogens (tertiary/aromatic N) is 3. The number of aliphatic hydroxyl groups is 4. The zero-order valence-corrected chi connectivity index (χ0v) is 48.1. The molecule has 4 heterocycles. The SMILES string of the molecule is CC[C@H]1OC(=O)[C@H](C)C([C@H]2C[C@@](C)(OC)[C@@H](OCCCOCCCC#Cc3ccc4c(c3)c(=O)c(C(=O)O)cn4CC)[C@H](C)O2)[C@H](C)[C@@H](O[C@@H]2O[C@H](C)C[C@H](N(C)C)[C@H]2O)[C@](C)(O)C[C@@H](C)CN(C)[C@H](C)[C@@H](O)[C@]1(C)O. The summed E-state index contributed by atoms with van der Waals surface area (Å²) in [6, 6.07) is 4.43. The maximum absolute atomic E-state index is 14.8. The minimum absolute atomic E-state index is 0.152. The van der Waals surface area contributed by atoms with Crippen LogP contribution in [0.5, 0.6) is 0 Å². The van der Waals surface area contributed by atoms with Crippen LogP contribution in [0.25, 0.3) is 10.9 Å². The van der Waals surface area contributed by atoms with E-state index in [0.717, 1.165) is 0 Å². The number of likely N-dealkylation sites (N-methyl/N-ethyl adjacent to an activating group) is 2. The maximum atomic E-state index is 14.8. The zero-order chi connectivity index (χ0) is 56.6. The van der Waals surface area contributed by atoms with E-state index < -0.39 is 107 Å². The molecule has 76 heavy (non-hydrogen) atoms. The second-order valence-corrected chi connectivity index (χ2v) is 23.2. The highest BCUT2D eigenvalue weighted by Crippen LogP contribution is 2.45. The van der Waals surface area contributed by atoms with Crippen LogP contribution in [0.4, 0.5) is 0 Å². The molecule has 5 rings (SSSR count). The average molecular weight is 1070 g/mol. The normalized spacial score (nSPS) is 37.5. The molecule has 18 atom stereocenters. The minimum atomic E-state index is -1.81. The summed E-state index contributed by atoms with van der Waals surface area (Å²) in [4.78, 5) is 43.2. The third-order valence-electron chi connectivity index (χ3n) is 16.7. The number of aliphatic hydroxyl groups excluding tert-OH is 2. The number of pyridine rings is 1. The van der Waals surface area contributed by atoms with Crippen molar-refractivity contribution >= 4 is 22.8 Å². The van der Waals surface area contributed by atoms with Crippen molar-refractivity contribution in [3.63, 3.8) is 0 Å². The lowest BCUT2D eigenvalue weighted by Gasteiger charge is -2.52. The molecule has 18 heteroatoms. The van der Waals surface area contributed by atoms with Gasteiger partial charge in [0, 0.05) is 88.0 Å². The number of carboxylic acid groups (broad SMARTS) is 1. The van der Waals surface area contributed by atoms with Crippen LogP contribution in [0.2, 0.25) is 0 Å². The predicted molar refractivity (Wildman–Crippen MR) is 289 cm³/mol. The number of ether oxygens (including phenoxy) is 7. The molecule has 3 fully saturated rings. The Kier molecular flexibility index (Phi) is 22.5. The number of methoxy groups -OCH3 is 1. The van der Waals surface area contributed by atoms with Crippen molar-refractivity contribution in [2.75, 3.05) is 54.6 Å². The fraction of sp³-hybridized carbons (Fsp3) is 0.776. The number of carbonyl (C=O) groups excluding carboxylic acids is 1. The van der Waals surface area contributed by atoms with Gasteiger partial charge in [-0.3, -0.25) is 9.59 Å². The van der Waals surface area contributed by atoms with Gasteiger partial charge in [0.15, 0.2) is 6.29 Å². The van der Waals surface area contributed by atoms with Crippen LogP contribution >= 0.6 is 0 Å². The lowest BCUT2D eigenvalue weighted by molar-refractivity contribution is -0.303. The largest absolute Gasteiger partial charge is 0.477 e. The van der Waals surface area contributed by atoms with Gasteiger partial charge in [0.1, 0.15) is 35.6 Å². The standard InChI is InChI=1S/C58H93N3O15/c1-16-46-58(11,69)50(64)38(7)60(14)32-34(3)30-56(9,68)51(76-55-49(63)44(59(12)13)28-35(4)73-55)36(5)47(37(6)54(67)75-46)45-31-57(10,70-15)52(39(8)74-45)72-27-21-26-71-25-20-18-19-22-40-23-24-43-41(29-40)48(62)42(53(65)66)33-61(43)17-2/h23-24,29,33-39,44-47,49-52,55,63-64,68-69H,16-18,20-21,25-28,30-32H2,1-15H3,(H,65,66)/t34-,35-,36+,37-,38-,39+,44+,45-,46-,47?,49-,50-,51-,52+,55+,56-,57-,58-/m1/s1. The number of hydrogen-bond acceptors (Lipinski definition) is 16. The van der Waals surface area contributed by atoms with Crippen molar-refractivity contribution in [2.24, 2.45) is 23.7 Å². The molecule has 1 unspecified atom stereocenters. The lowest BCUT2D eigenvalue weighted by atomic mass is 9.68. The summed E-state index contributed by atoms with van der Waals surface area (Å²) >= 11 is 0. The molecule has 0 spiro atoms. The molecule has 0 saturated carbocycles. The molecule has 0 radical (unpaired) electrons. The van der Waals surface area contributed by atoms with E-state index in [4.69, 9.17) is 33.2 Å². The molecule has 3 saturated heterocycles. The number of carbonyl (C=O) groups is 2. The lowest BCUT2D eigenvalue weighted by Crippen LogP contribution is -2.62. The van der Waals surface area contributed by atoms with Crippen LogP contribution in [0, 0.1) is 35.5 Å². The van der Waals surface area contributed by atoms with Crippen molar-refractivity contribution in [3.8, 4) is 11.8 Å². The van der Waals surface area contributed by atoms with Crippen LogP contribution < -0.4 is 5.43 Å². The summed E-state index contributed by atoms with van der Waals surface area (Å²) in [5.74, 6) is 1.95. The third-order valence-corrected chi connectivity index (χ3v) is 16.7. The van der Waals surface area contributed by atoms with Crippen LogP contribution in [-0.4, -0.2) is 190 Å². The molecule has 0 amide bonds. The molecule has 1 aromatic carbocycles. The van der Waals surface area contributed by atoms with E-state index in [1.165, 1.54) is 13.1 Å². The Hall–Kier alpha value is -3.55. The van der Waals surface area contributed by atoms with E-state index in [2.05, 4.69) is 11.8 Å². The molecule has 5 N–H and O–H groups in total. The van der Waals surface area contributed by atoms with Crippen LogP contribution in [0.15, 0.2) is 29.2 Å². The number of fused-ring (bicyclic) bond motifs is 1. The van der Waals surface area contributed by atoms with Crippen molar-refractivity contribution in [1.82, 2.24) is 14.4 Å². The number of aromatic carboxylic acids is 1. The molecule has 430 valence electrons. The molecule has 3 aliphatic rings. The van der Waals surface area contributed by atoms with Gasteiger partial charge in [-0.15, -0.1) is 0 Å². The number of benzene rings is 1. The Morgan fingerprint density at radius 3 is 2.26 bits per heavy atom. The second kappa shape index (κ2) is 27.1. The molecular weight excluding hydrogens is 979 g/mol. The van der Waals surface area contributed by atoms with E-state index in [1.807, 2.05) is 85.5 Å². The van der Waals surface area contributed by atoms with Crippen LogP contribution in [-0.2, 0) is 44.5 Å². The summed E-state index contributed by atoms with van der Waals surface area (Å²) in [7, 11) is 7.29. The van der Waals surface area contributed by atoms with Gasteiger partial charge in [-0.2, -0.15) is 0 Å². The first kappa shape index (κ1) is 63.3. The molecule has 2 aromatic rings. The number of aryl methyl sites for hydroxylation is 1. The second-order valence-electron chi connectivity index (χ2n) is 23.2. The molecule has 18 nitrogen and oxygen atoms in total. The van der Waals surface area contributed by atoms with Gasteiger partial charge in [0.25, 0.3) is 0 Å². The van der Waals surface area contributed by atoms with E-state index in [1.54, 1.807) is 44.6 Å². The Morgan fingerprint density at radius 2 is 1.63 bits per heavy atom. The minimum Gasteiger partial charge on any atom is -0.477 e. The average Bonchev–Trinajstić information content (AvgIpc) is 3.35. The summed E-state index contributed by atoms with van der Waals surface area (Å²) in [6.07, 6.45) is -3.01. The Morgan fingerprint density at radius 1 is 0.947 bits per heavy atom. The monoisotopic (exact) mass is 1070 g/mol. The Bertz CT molecular complexity index is 2350. The first-order valence-corrected chi connectivity index (χ1v) is 27.6. The molecule has 3 aliphatic heterocycles.